The summed E-state index contributed by atoms with van der Waals surface area (Å²) in [7, 11) is 1.96. The van der Waals surface area contributed by atoms with Gasteiger partial charge in [0.05, 0.1) is 6.10 Å². The molecule has 0 spiro atoms. The van der Waals surface area contributed by atoms with Crippen LogP contribution in [0.25, 0.3) is 10.9 Å². The van der Waals surface area contributed by atoms with Gasteiger partial charge in [0.15, 0.2) is 0 Å². The average Bonchev–Trinajstić information content (AvgIpc) is 2.99. The SMILES string of the molecule is Cn1ccc2cc([C@H](O)CNC(=O)NCc3ccc(F)cc3)ccc21. The third kappa shape index (κ3) is 4.16. The number of hydrogen-bond acceptors (Lipinski definition) is 2. The van der Waals surface area contributed by atoms with Gasteiger partial charge in [-0.05, 0) is 46.8 Å². The lowest BCUT2D eigenvalue weighted by molar-refractivity contribution is 0.173. The first-order chi connectivity index (χ1) is 12.0. The van der Waals surface area contributed by atoms with Crippen LogP contribution in [-0.2, 0) is 13.6 Å². The first-order valence-corrected chi connectivity index (χ1v) is 8.02. The van der Waals surface area contributed by atoms with E-state index in [2.05, 4.69) is 10.6 Å². The summed E-state index contributed by atoms with van der Waals surface area (Å²) in [4.78, 5) is 11.8. The number of carbonyl (C=O) groups is 1. The van der Waals surface area contributed by atoms with Crippen LogP contribution >= 0.6 is 0 Å². The number of nitrogens with zero attached hydrogens (tertiary/aromatic N) is 1. The number of benzene rings is 2. The lowest BCUT2D eigenvalue weighted by Crippen LogP contribution is -2.37. The third-order valence-electron chi connectivity index (χ3n) is 4.12. The molecule has 2 amide bonds. The number of aromatic nitrogens is 1. The molecule has 0 unspecified atom stereocenters. The van der Waals surface area contributed by atoms with Crippen LogP contribution in [0.5, 0.6) is 0 Å². The lowest BCUT2D eigenvalue weighted by atomic mass is 10.1. The van der Waals surface area contributed by atoms with Crippen molar-refractivity contribution in [1.29, 1.82) is 0 Å². The molecule has 3 aromatic rings. The standard InChI is InChI=1S/C19H20FN3O2/c1-23-9-8-14-10-15(4-7-17(14)23)18(24)12-22-19(25)21-11-13-2-5-16(20)6-3-13/h2-10,18,24H,11-12H2,1H3,(H2,21,22,25)/t18-/m1/s1. The van der Waals surface area contributed by atoms with Crippen molar-refractivity contribution in [3.05, 3.63) is 71.7 Å². The molecule has 130 valence electrons. The number of carbonyl (C=O) groups excluding carboxylic acids is 1. The Labute approximate surface area is 145 Å². The Hall–Kier alpha value is -2.86. The molecule has 0 saturated heterocycles. The predicted molar refractivity (Wildman–Crippen MR) is 94.5 cm³/mol. The van der Waals surface area contributed by atoms with Gasteiger partial charge in [-0.1, -0.05) is 18.2 Å². The van der Waals surface area contributed by atoms with Gasteiger partial charge in [0, 0.05) is 31.9 Å². The molecule has 0 fully saturated rings. The van der Waals surface area contributed by atoms with Gasteiger partial charge in [0.25, 0.3) is 0 Å². The maximum absolute atomic E-state index is 12.8. The van der Waals surface area contributed by atoms with Crippen molar-refractivity contribution in [2.45, 2.75) is 12.6 Å². The number of fused-ring (bicyclic) bond motifs is 1. The monoisotopic (exact) mass is 341 g/mol. The van der Waals surface area contributed by atoms with E-state index in [1.807, 2.05) is 42.1 Å². The number of aryl methyl sites for hydroxylation is 1. The number of urea groups is 1. The number of hydrogen-bond donors (Lipinski definition) is 3. The predicted octanol–water partition coefficient (Wildman–Crippen LogP) is 2.85. The van der Waals surface area contributed by atoms with Crippen LogP contribution in [-0.4, -0.2) is 22.2 Å². The largest absolute Gasteiger partial charge is 0.387 e. The van der Waals surface area contributed by atoms with Crippen LogP contribution in [0, 0.1) is 5.82 Å². The molecular weight excluding hydrogens is 321 g/mol. The van der Waals surface area contributed by atoms with E-state index in [1.165, 1.54) is 12.1 Å². The highest BCUT2D eigenvalue weighted by Crippen LogP contribution is 2.20. The Morgan fingerprint density at radius 1 is 1.16 bits per heavy atom. The summed E-state index contributed by atoms with van der Waals surface area (Å²) < 4.78 is 14.8. The van der Waals surface area contributed by atoms with Gasteiger partial charge in [0.2, 0.25) is 0 Å². The quantitative estimate of drug-likeness (QED) is 0.668. The number of rotatable bonds is 5. The maximum Gasteiger partial charge on any atom is 0.315 e. The molecule has 3 N–H and O–H groups in total. The van der Waals surface area contributed by atoms with E-state index in [1.54, 1.807) is 12.1 Å². The Balaban J connectivity index is 1.51. The summed E-state index contributed by atoms with van der Waals surface area (Å²) >= 11 is 0. The maximum atomic E-state index is 12.8. The summed E-state index contributed by atoms with van der Waals surface area (Å²) in [5.74, 6) is -0.313. The molecular formula is C19H20FN3O2. The molecule has 0 aliphatic carbocycles. The van der Waals surface area contributed by atoms with Gasteiger partial charge in [-0.2, -0.15) is 0 Å². The van der Waals surface area contributed by atoms with Crippen LogP contribution in [0.2, 0.25) is 0 Å². The lowest BCUT2D eigenvalue weighted by Gasteiger charge is -2.13. The number of amides is 2. The number of aliphatic hydroxyl groups excluding tert-OH is 1. The van der Waals surface area contributed by atoms with Gasteiger partial charge >= 0.3 is 6.03 Å². The smallest absolute Gasteiger partial charge is 0.315 e. The molecule has 1 heterocycles. The summed E-state index contributed by atoms with van der Waals surface area (Å²) in [5.41, 5.74) is 2.63. The van der Waals surface area contributed by atoms with Crippen LogP contribution in [0.1, 0.15) is 17.2 Å². The zero-order valence-electron chi connectivity index (χ0n) is 13.9. The topological polar surface area (TPSA) is 66.3 Å². The molecule has 3 rings (SSSR count). The molecule has 0 radical (unpaired) electrons. The van der Waals surface area contributed by atoms with Crippen molar-refractivity contribution in [1.82, 2.24) is 15.2 Å². The van der Waals surface area contributed by atoms with Crippen molar-refractivity contribution in [2.75, 3.05) is 6.54 Å². The molecule has 1 aromatic heterocycles. The second-order valence-corrected chi connectivity index (χ2v) is 5.95. The minimum atomic E-state index is -0.791. The van der Waals surface area contributed by atoms with Gasteiger partial charge in [0.1, 0.15) is 5.82 Å². The second-order valence-electron chi connectivity index (χ2n) is 5.95. The Morgan fingerprint density at radius 2 is 1.92 bits per heavy atom. The highest BCUT2D eigenvalue weighted by molar-refractivity contribution is 5.81. The molecule has 25 heavy (non-hydrogen) atoms. The van der Waals surface area contributed by atoms with Gasteiger partial charge < -0.3 is 20.3 Å². The van der Waals surface area contributed by atoms with E-state index >= 15 is 0 Å². The van der Waals surface area contributed by atoms with E-state index in [0.29, 0.717) is 0 Å². The molecule has 0 aliphatic heterocycles. The number of halogens is 1. The average molecular weight is 341 g/mol. The highest BCUT2D eigenvalue weighted by atomic mass is 19.1. The van der Waals surface area contributed by atoms with Gasteiger partial charge in [-0.15, -0.1) is 0 Å². The zero-order valence-corrected chi connectivity index (χ0v) is 13.9. The number of aliphatic hydroxyl groups is 1. The molecule has 0 bridgehead atoms. The van der Waals surface area contributed by atoms with Crippen LogP contribution in [0.3, 0.4) is 0 Å². The summed E-state index contributed by atoms with van der Waals surface area (Å²) in [6.07, 6.45) is 1.17. The van der Waals surface area contributed by atoms with E-state index in [4.69, 9.17) is 0 Å². The first kappa shape index (κ1) is 17.0. The Kier molecular flexibility index (Phi) is 5.00. The van der Waals surface area contributed by atoms with Crippen LogP contribution in [0.15, 0.2) is 54.7 Å². The van der Waals surface area contributed by atoms with Crippen molar-refractivity contribution < 1.29 is 14.3 Å². The normalized spacial score (nSPS) is 12.1. The fraction of sp³-hybridized carbons (Fsp3) is 0.211. The van der Waals surface area contributed by atoms with Gasteiger partial charge in [-0.25, -0.2) is 9.18 Å². The molecule has 2 aromatic carbocycles. The van der Waals surface area contributed by atoms with E-state index in [-0.39, 0.29) is 24.9 Å². The molecule has 0 aliphatic rings. The highest BCUT2D eigenvalue weighted by Gasteiger charge is 2.11. The molecule has 0 saturated carbocycles. The van der Waals surface area contributed by atoms with E-state index in [9.17, 15) is 14.3 Å². The van der Waals surface area contributed by atoms with Crippen molar-refractivity contribution in [2.24, 2.45) is 7.05 Å². The zero-order chi connectivity index (χ0) is 17.8. The van der Waals surface area contributed by atoms with Crippen molar-refractivity contribution in [3.8, 4) is 0 Å². The van der Waals surface area contributed by atoms with E-state index in [0.717, 1.165) is 22.0 Å². The Bertz CT molecular complexity index is 874. The summed E-state index contributed by atoms with van der Waals surface area (Å²) in [6, 6.07) is 13.2. The summed E-state index contributed by atoms with van der Waals surface area (Å²) in [5, 5.41) is 16.6. The number of nitrogens with one attached hydrogen (secondary N) is 2. The molecule has 1 atom stereocenters. The Morgan fingerprint density at radius 3 is 2.68 bits per heavy atom. The molecule has 5 nitrogen and oxygen atoms in total. The van der Waals surface area contributed by atoms with Crippen LogP contribution in [0.4, 0.5) is 9.18 Å². The molecule has 6 heteroatoms. The first-order valence-electron chi connectivity index (χ1n) is 8.02. The van der Waals surface area contributed by atoms with Gasteiger partial charge in [-0.3, -0.25) is 0 Å². The van der Waals surface area contributed by atoms with Crippen LogP contribution < -0.4 is 10.6 Å². The third-order valence-corrected chi connectivity index (χ3v) is 4.12. The minimum Gasteiger partial charge on any atom is -0.387 e. The minimum absolute atomic E-state index is 0.105. The second kappa shape index (κ2) is 7.36. The van der Waals surface area contributed by atoms with E-state index < -0.39 is 6.10 Å². The van der Waals surface area contributed by atoms with Crippen molar-refractivity contribution in [3.63, 3.8) is 0 Å². The van der Waals surface area contributed by atoms with Crippen molar-refractivity contribution >= 4 is 16.9 Å². The fourth-order valence-corrected chi connectivity index (χ4v) is 2.66. The fourth-order valence-electron chi connectivity index (χ4n) is 2.66. The summed E-state index contributed by atoms with van der Waals surface area (Å²) in [6.45, 7) is 0.395.